The molecule has 0 saturated heterocycles. The van der Waals surface area contributed by atoms with Gasteiger partial charge in [-0.05, 0) is 68.1 Å². The Hall–Kier alpha value is -6.91. The van der Waals surface area contributed by atoms with Crippen molar-refractivity contribution in [3.05, 3.63) is 176 Å². The van der Waals surface area contributed by atoms with Gasteiger partial charge in [0.2, 0.25) is 0 Å². The number of benzene rings is 8. The third kappa shape index (κ3) is 5.13. The van der Waals surface area contributed by atoms with Gasteiger partial charge in [-0.2, -0.15) is 0 Å². The number of hydrogen-bond donors (Lipinski definition) is 0. The third-order valence-corrected chi connectivity index (χ3v) is 9.73. The molecular formula is C47H29N3O. The monoisotopic (exact) mass is 651 g/mol. The Kier molecular flexibility index (Phi) is 6.78. The Morgan fingerprint density at radius 1 is 0.314 bits per heavy atom. The van der Waals surface area contributed by atoms with Crippen LogP contribution >= 0.6 is 0 Å². The zero-order valence-corrected chi connectivity index (χ0v) is 27.5. The first-order valence-corrected chi connectivity index (χ1v) is 17.1. The van der Waals surface area contributed by atoms with Gasteiger partial charge in [-0.25, -0.2) is 15.0 Å². The van der Waals surface area contributed by atoms with E-state index < -0.39 is 0 Å². The molecule has 0 atom stereocenters. The molecule has 0 spiro atoms. The van der Waals surface area contributed by atoms with Gasteiger partial charge in [0.15, 0.2) is 17.5 Å². The zero-order chi connectivity index (χ0) is 33.7. The summed E-state index contributed by atoms with van der Waals surface area (Å²) in [6.07, 6.45) is 0. The maximum Gasteiger partial charge on any atom is 0.164 e. The Morgan fingerprint density at radius 3 is 1.75 bits per heavy atom. The second-order valence-corrected chi connectivity index (χ2v) is 12.8. The van der Waals surface area contributed by atoms with Gasteiger partial charge in [-0.15, -0.1) is 0 Å². The summed E-state index contributed by atoms with van der Waals surface area (Å²) < 4.78 is 6.51. The molecule has 0 fully saturated rings. The first kappa shape index (κ1) is 29.0. The van der Waals surface area contributed by atoms with Gasteiger partial charge < -0.3 is 4.42 Å². The van der Waals surface area contributed by atoms with Crippen LogP contribution in [0.15, 0.2) is 180 Å². The van der Waals surface area contributed by atoms with Crippen molar-refractivity contribution in [3.63, 3.8) is 0 Å². The van der Waals surface area contributed by atoms with Crippen molar-refractivity contribution in [2.45, 2.75) is 0 Å². The van der Waals surface area contributed by atoms with Gasteiger partial charge in [0, 0.05) is 27.5 Å². The highest BCUT2D eigenvalue weighted by Crippen LogP contribution is 2.39. The fourth-order valence-corrected chi connectivity index (χ4v) is 7.18. The summed E-state index contributed by atoms with van der Waals surface area (Å²) in [5.41, 5.74) is 8.97. The normalized spacial score (nSPS) is 11.5. The lowest BCUT2D eigenvalue weighted by Gasteiger charge is -2.10. The second-order valence-electron chi connectivity index (χ2n) is 12.8. The fraction of sp³-hybridized carbons (Fsp3) is 0. The molecular weight excluding hydrogens is 623 g/mol. The Balaban J connectivity index is 1.10. The van der Waals surface area contributed by atoms with Crippen molar-refractivity contribution in [2.24, 2.45) is 0 Å². The van der Waals surface area contributed by atoms with E-state index in [9.17, 15) is 0 Å². The molecule has 51 heavy (non-hydrogen) atoms. The minimum absolute atomic E-state index is 0.601. The minimum Gasteiger partial charge on any atom is -0.456 e. The molecule has 4 nitrogen and oxygen atoms in total. The van der Waals surface area contributed by atoms with Crippen molar-refractivity contribution < 1.29 is 4.42 Å². The van der Waals surface area contributed by atoms with E-state index in [0.29, 0.717) is 17.5 Å². The van der Waals surface area contributed by atoms with E-state index in [1.165, 1.54) is 27.1 Å². The Bertz CT molecular complexity index is 2900. The van der Waals surface area contributed by atoms with Crippen molar-refractivity contribution >= 4 is 43.5 Å². The lowest BCUT2D eigenvalue weighted by atomic mass is 9.97. The maximum atomic E-state index is 6.51. The Labute approximate surface area is 294 Å². The molecule has 0 N–H and O–H groups in total. The van der Waals surface area contributed by atoms with Gasteiger partial charge in [0.05, 0.1) is 0 Å². The number of hydrogen-bond acceptors (Lipinski definition) is 4. The first-order chi connectivity index (χ1) is 25.2. The highest BCUT2D eigenvalue weighted by molar-refractivity contribution is 6.12. The van der Waals surface area contributed by atoms with Gasteiger partial charge in [0.25, 0.3) is 0 Å². The SMILES string of the molecule is c1ccc(-c2nc(-c3ccc(-c4cccc5ccccc45)cc3)nc(-c3cccc4oc5cc(-c6ccc7ccccc7c6)ccc5c34)n2)cc1. The number of rotatable bonds is 5. The van der Waals surface area contributed by atoms with Crippen LogP contribution in [0.2, 0.25) is 0 Å². The molecule has 10 aromatic rings. The predicted molar refractivity (Wildman–Crippen MR) is 209 cm³/mol. The molecule has 0 saturated carbocycles. The highest BCUT2D eigenvalue weighted by atomic mass is 16.3. The van der Waals surface area contributed by atoms with E-state index in [4.69, 9.17) is 19.4 Å². The van der Waals surface area contributed by atoms with Gasteiger partial charge in [-0.3, -0.25) is 0 Å². The topological polar surface area (TPSA) is 51.8 Å². The molecule has 4 heteroatoms. The molecule has 238 valence electrons. The van der Waals surface area contributed by atoms with Crippen LogP contribution in [-0.4, -0.2) is 15.0 Å². The van der Waals surface area contributed by atoms with Crippen LogP contribution < -0.4 is 0 Å². The molecule has 0 amide bonds. The second kappa shape index (κ2) is 11.9. The Morgan fingerprint density at radius 2 is 0.902 bits per heavy atom. The van der Waals surface area contributed by atoms with Crippen LogP contribution in [0.3, 0.4) is 0 Å². The quantitative estimate of drug-likeness (QED) is 0.186. The molecule has 0 aliphatic carbocycles. The average Bonchev–Trinajstić information content (AvgIpc) is 3.59. The largest absolute Gasteiger partial charge is 0.456 e. The molecule has 2 heterocycles. The van der Waals surface area contributed by atoms with Gasteiger partial charge >= 0.3 is 0 Å². The van der Waals surface area contributed by atoms with Crippen molar-refractivity contribution in [3.8, 4) is 56.4 Å². The van der Waals surface area contributed by atoms with E-state index in [2.05, 4.69) is 133 Å². The van der Waals surface area contributed by atoms with Crippen molar-refractivity contribution in [1.82, 2.24) is 15.0 Å². The average molecular weight is 652 g/mol. The summed E-state index contributed by atoms with van der Waals surface area (Å²) in [7, 11) is 0. The molecule has 0 radical (unpaired) electrons. The molecule has 0 aliphatic heterocycles. The van der Waals surface area contributed by atoms with Crippen molar-refractivity contribution in [2.75, 3.05) is 0 Å². The van der Waals surface area contributed by atoms with Crippen LogP contribution in [0.4, 0.5) is 0 Å². The van der Waals surface area contributed by atoms with E-state index in [-0.39, 0.29) is 0 Å². The van der Waals surface area contributed by atoms with E-state index in [1.54, 1.807) is 0 Å². The molecule has 10 rings (SSSR count). The van der Waals surface area contributed by atoms with Gasteiger partial charge in [-0.1, -0.05) is 152 Å². The van der Waals surface area contributed by atoms with Crippen LogP contribution in [-0.2, 0) is 0 Å². The third-order valence-electron chi connectivity index (χ3n) is 9.73. The smallest absolute Gasteiger partial charge is 0.164 e. The summed E-state index contributed by atoms with van der Waals surface area (Å²) in [6, 6.07) is 61.1. The van der Waals surface area contributed by atoms with Crippen LogP contribution in [0, 0.1) is 0 Å². The standard InChI is InChI=1S/C47H29N3O/c1-2-12-33(13-3-1)45-48-46(34-23-21-32(22-24-34)39-17-8-15-31-11-6-7-16-38(31)39)50-47(49-45)41-18-9-19-42-44(41)40-27-26-37(29-43(40)51-42)36-25-20-30-10-4-5-14-35(30)28-36/h1-29H. The lowest BCUT2D eigenvalue weighted by molar-refractivity contribution is 0.669. The van der Waals surface area contributed by atoms with Crippen LogP contribution in [0.1, 0.15) is 0 Å². The number of nitrogens with zero attached hydrogens (tertiary/aromatic N) is 3. The summed E-state index contributed by atoms with van der Waals surface area (Å²) in [5.74, 6) is 1.84. The maximum absolute atomic E-state index is 6.51. The molecule has 8 aromatic carbocycles. The minimum atomic E-state index is 0.601. The lowest BCUT2D eigenvalue weighted by Crippen LogP contribution is -2.00. The van der Waals surface area contributed by atoms with E-state index in [0.717, 1.165) is 55.3 Å². The summed E-state index contributed by atoms with van der Waals surface area (Å²) in [4.78, 5) is 15.2. The van der Waals surface area contributed by atoms with Crippen LogP contribution in [0.25, 0.3) is 99.9 Å². The zero-order valence-electron chi connectivity index (χ0n) is 27.5. The van der Waals surface area contributed by atoms with Crippen LogP contribution in [0.5, 0.6) is 0 Å². The number of fused-ring (bicyclic) bond motifs is 5. The van der Waals surface area contributed by atoms with Gasteiger partial charge in [0.1, 0.15) is 11.2 Å². The summed E-state index contributed by atoms with van der Waals surface area (Å²) in [5, 5.41) is 6.90. The number of aromatic nitrogens is 3. The molecule has 2 aromatic heterocycles. The molecule has 0 bridgehead atoms. The summed E-state index contributed by atoms with van der Waals surface area (Å²) >= 11 is 0. The highest BCUT2D eigenvalue weighted by Gasteiger charge is 2.18. The first-order valence-electron chi connectivity index (χ1n) is 17.1. The summed E-state index contributed by atoms with van der Waals surface area (Å²) in [6.45, 7) is 0. The van der Waals surface area contributed by atoms with E-state index >= 15 is 0 Å². The molecule has 0 aliphatic rings. The fourth-order valence-electron chi connectivity index (χ4n) is 7.18. The molecule has 0 unspecified atom stereocenters. The van der Waals surface area contributed by atoms with Crippen molar-refractivity contribution in [1.29, 1.82) is 0 Å². The predicted octanol–water partition coefficient (Wildman–Crippen LogP) is 12.4. The number of furan rings is 1. The van der Waals surface area contributed by atoms with E-state index in [1.807, 2.05) is 42.5 Å².